The summed E-state index contributed by atoms with van der Waals surface area (Å²) < 4.78 is 0. The lowest BCUT2D eigenvalue weighted by molar-refractivity contribution is -0.139. The van der Waals surface area contributed by atoms with Gasteiger partial charge in [-0.2, -0.15) is 0 Å². The number of carboxylic acid groups (broad SMARTS) is 1. The summed E-state index contributed by atoms with van der Waals surface area (Å²) in [6, 6.07) is 13.4. The van der Waals surface area contributed by atoms with Crippen LogP contribution >= 0.6 is 0 Å². The van der Waals surface area contributed by atoms with Gasteiger partial charge in [0.1, 0.15) is 6.04 Å². The lowest BCUT2D eigenvalue weighted by Crippen LogP contribution is -2.38. The maximum atomic E-state index is 11.0. The summed E-state index contributed by atoms with van der Waals surface area (Å²) in [5.41, 5.74) is 6.90. The predicted molar refractivity (Wildman–Crippen MR) is 77.1 cm³/mol. The Morgan fingerprint density at radius 3 is 2.42 bits per heavy atom. The van der Waals surface area contributed by atoms with Gasteiger partial charge in [0, 0.05) is 0 Å². The zero-order valence-corrected chi connectivity index (χ0v) is 11.2. The van der Waals surface area contributed by atoms with Crippen molar-refractivity contribution in [2.75, 3.05) is 0 Å². The number of carbonyl (C=O) groups is 1. The van der Waals surface area contributed by atoms with Crippen LogP contribution in [0.5, 0.6) is 0 Å². The monoisotopic (exact) mass is 257 g/mol. The summed E-state index contributed by atoms with van der Waals surface area (Å²) in [4.78, 5) is 11.0. The van der Waals surface area contributed by atoms with E-state index in [0.29, 0.717) is 0 Å². The molecule has 3 N–H and O–H groups in total. The Kier molecular flexibility index (Phi) is 3.86. The van der Waals surface area contributed by atoms with Crippen LogP contribution in [0.25, 0.3) is 10.8 Å². The Balaban J connectivity index is 2.41. The van der Waals surface area contributed by atoms with Gasteiger partial charge in [-0.15, -0.1) is 0 Å². The zero-order valence-electron chi connectivity index (χ0n) is 11.2. The van der Waals surface area contributed by atoms with Crippen molar-refractivity contribution in [3.63, 3.8) is 0 Å². The van der Waals surface area contributed by atoms with Gasteiger partial charge in [-0.05, 0) is 28.2 Å². The van der Waals surface area contributed by atoms with Crippen molar-refractivity contribution in [2.45, 2.75) is 25.8 Å². The van der Waals surface area contributed by atoms with Crippen LogP contribution < -0.4 is 5.73 Å². The highest BCUT2D eigenvalue weighted by Crippen LogP contribution is 2.31. The van der Waals surface area contributed by atoms with Gasteiger partial charge in [0.2, 0.25) is 0 Å². The number of hydrogen-bond donors (Lipinski definition) is 2. The van der Waals surface area contributed by atoms with Crippen molar-refractivity contribution in [1.29, 1.82) is 0 Å². The fourth-order valence-corrected chi connectivity index (χ4v) is 2.47. The molecule has 0 aliphatic heterocycles. The summed E-state index contributed by atoms with van der Waals surface area (Å²) in [6.45, 7) is 3.93. The van der Waals surface area contributed by atoms with Crippen LogP contribution in [0.4, 0.5) is 0 Å². The van der Waals surface area contributed by atoms with Gasteiger partial charge in [0.05, 0.1) is 0 Å². The molecule has 3 atom stereocenters. The van der Waals surface area contributed by atoms with E-state index in [4.69, 9.17) is 10.8 Å². The number of fused-ring (bicyclic) bond motifs is 1. The Hall–Kier alpha value is -1.87. The minimum Gasteiger partial charge on any atom is -0.480 e. The molecular formula is C16H19NO2. The molecule has 0 aromatic heterocycles. The van der Waals surface area contributed by atoms with Crippen LogP contribution in [-0.2, 0) is 4.79 Å². The van der Waals surface area contributed by atoms with Crippen molar-refractivity contribution < 1.29 is 9.90 Å². The van der Waals surface area contributed by atoms with E-state index in [0.717, 1.165) is 5.56 Å². The second kappa shape index (κ2) is 5.41. The van der Waals surface area contributed by atoms with E-state index in [9.17, 15) is 4.79 Å². The molecular weight excluding hydrogens is 238 g/mol. The highest BCUT2D eigenvalue weighted by molar-refractivity contribution is 5.86. The van der Waals surface area contributed by atoms with E-state index in [2.05, 4.69) is 24.3 Å². The predicted octanol–water partition coefficient (Wildman–Crippen LogP) is 2.99. The molecule has 2 aromatic rings. The number of carboxylic acids is 1. The number of benzene rings is 2. The minimum absolute atomic E-state index is 0.0946. The molecule has 0 amide bonds. The maximum absolute atomic E-state index is 11.0. The second-order valence-electron chi connectivity index (χ2n) is 5.08. The number of aliphatic carboxylic acids is 1. The van der Waals surface area contributed by atoms with Gasteiger partial charge in [-0.1, -0.05) is 56.3 Å². The molecule has 3 heteroatoms. The summed E-state index contributed by atoms with van der Waals surface area (Å²) in [5, 5.41) is 11.4. The largest absolute Gasteiger partial charge is 0.480 e. The van der Waals surface area contributed by atoms with Crippen LogP contribution in [0.3, 0.4) is 0 Å². The Morgan fingerprint density at radius 1 is 1.11 bits per heavy atom. The van der Waals surface area contributed by atoms with Crippen LogP contribution in [0.1, 0.15) is 25.3 Å². The van der Waals surface area contributed by atoms with Crippen LogP contribution in [0.15, 0.2) is 42.5 Å². The Morgan fingerprint density at radius 2 is 1.74 bits per heavy atom. The molecule has 2 aromatic carbocycles. The summed E-state index contributed by atoms with van der Waals surface area (Å²) in [5.74, 6) is -0.972. The van der Waals surface area contributed by atoms with Crippen LogP contribution in [0, 0.1) is 5.92 Å². The fourth-order valence-electron chi connectivity index (χ4n) is 2.47. The van der Waals surface area contributed by atoms with Crippen LogP contribution in [-0.4, -0.2) is 17.1 Å². The standard InChI is InChI=1S/C16H19NO2/c1-10(11(2)15(17)16(18)19)13-9-5-7-12-6-3-4-8-14(12)13/h3-11,15H,17H2,1-2H3,(H,18,19). The van der Waals surface area contributed by atoms with Crippen molar-refractivity contribution >= 4 is 16.7 Å². The maximum Gasteiger partial charge on any atom is 0.320 e. The first kappa shape index (κ1) is 13.6. The van der Waals surface area contributed by atoms with E-state index in [1.165, 1.54) is 10.8 Å². The first-order valence-corrected chi connectivity index (χ1v) is 6.48. The number of hydrogen-bond acceptors (Lipinski definition) is 2. The third-order valence-electron chi connectivity index (χ3n) is 3.95. The lowest BCUT2D eigenvalue weighted by atomic mass is 9.82. The highest BCUT2D eigenvalue weighted by Gasteiger charge is 2.26. The Labute approximate surface area is 113 Å². The molecule has 0 fully saturated rings. The van der Waals surface area contributed by atoms with Gasteiger partial charge in [0.15, 0.2) is 0 Å². The van der Waals surface area contributed by atoms with E-state index >= 15 is 0 Å². The molecule has 19 heavy (non-hydrogen) atoms. The van der Waals surface area contributed by atoms with Crippen molar-refractivity contribution in [3.8, 4) is 0 Å². The summed E-state index contributed by atoms with van der Waals surface area (Å²) in [6.07, 6.45) is 0. The third-order valence-corrected chi connectivity index (χ3v) is 3.95. The summed E-state index contributed by atoms with van der Waals surface area (Å²) >= 11 is 0. The topological polar surface area (TPSA) is 63.3 Å². The molecule has 0 bridgehead atoms. The molecule has 3 nitrogen and oxygen atoms in total. The second-order valence-corrected chi connectivity index (χ2v) is 5.08. The molecule has 100 valence electrons. The fraction of sp³-hybridized carbons (Fsp3) is 0.312. The molecule has 0 saturated carbocycles. The van der Waals surface area contributed by atoms with Gasteiger partial charge in [0.25, 0.3) is 0 Å². The minimum atomic E-state index is -0.945. The van der Waals surface area contributed by atoms with Crippen molar-refractivity contribution in [3.05, 3.63) is 48.0 Å². The molecule has 3 unspecified atom stereocenters. The van der Waals surface area contributed by atoms with Gasteiger partial charge in [-0.25, -0.2) is 0 Å². The number of rotatable bonds is 4. The zero-order chi connectivity index (χ0) is 14.0. The highest BCUT2D eigenvalue weighted by atomic mass is 16.4. The average molecular weight is 257 g/mol. The third kappa shape index (κ3) is 2.61. The molecule has 0 aliphatic rings. The molecule has 0 heterocycles. The SMILES string of the molecule is CC(c1cccc2ccccc12)C(C)C(N)C(=O)O. The average Bonchev–Trinajstić information content (AvgIpc) is 2.44. The van der Waals surface area contributed by atoms with E-state index < -0.39 is 12.0 Å². The summed E-state index contributed by atoms with van der Waals surface area (Å²) in [7, 11) is 0. The smallest absolute Gasteiger partial charge is 0.320 e. The first-order chi connectivity index (χ1) is 9.02. The number of nitrogens with two attached hydrogens (primary N) is 1. The normalized spacial score (nSPS) is 15.9. The van der Waals surface area contributed by atoms with Crippen molar-refractivity contribution in [1.82, 2.24) is 0 Å². The van der Waals surface area contributed by atoms with Gasteiger partial charge in [-0.3, -0.25) is 4.79 Å². The molecule has 0 saturated heterocycles. The van der Waals surface area contributed by atoms with Gasteiger partial charge >= 0.3 is 5.97 Å². The molecule has 0 aliphatic carbocycles. The van der Waals surface area contributed by atoms with E-state index in [-0.39, 0.29) is 11.8 Å². The molecule has 2 rings (SSSR count). The van der Waals surface area contributed by atoms with Crippen LogP contribution in [0.2, 0.25) is 0 Å². The lowest BCUT2D eigenvalue weighted by Gasteiger charge is -2.24. The van der Waals surface area contributed by atoms with E-state index in [1.807, 2.05) is 32.0 Å². The molecule has 0 spiro atoms. The Bertz CT molecular complexity index is 589. The van der Waals surface area contributed by atoms with Crippen molar-refractivity contribution in [2.24, 2.45) is 11.7 Å². The molecule has 0 radical (unpaired) electrons. The van der Waals surface area contributed by atoms with Gasteiger partial charge < -0.3 is 10.8 Å². The first-order valence-electron chi connectivity index (χ1n) is 6.48. The quantitative estimate of drug-likeness (QED) is 0.885. The van der Waals surface area contributed by atoms with E-state index in [1.54, 1.807) is 0 Å².